The van der Waals surface area contributed by atoms with Crippen LogP contribution in [0.15, 0.2) is 82.8 Å². The van der Waals surface area contributed by atoms with E-state index in [1.54, 1.807) is 43.5 Å². The van der Waals surface area contributed by atoms with Crippen molar-refractivity contribution in [1.29, 1.82) is 0 Å². The summed E-state index contributed by atoms with van der Waals surface area (Å²) >= 11 is 3.45. The number of anilines is 1. The van der Waals surface area contributed by atoms with Crippen LogP contribution in [0.3, 0.4) is 0 Å². The van der Waals surface area contributed by atoms with Crippen molar-refractivity contribution in [2.24, 2.45) is 0 Å². The quantitative estimate of drug-likeness (QED) is 0.418. The molecule has 0 aliphatic carbocycles. The first kappa shape index (κ1) is 20.7. The van der Waals surface area contributed by atoms with Gasteiger partial charge in [0.25, 0.3) is 11.8 Å². The minimum Gasteiger partial charge on any atom is -0.493 e. The molecule has 0 atom stereocenters. The first-order chi connectivity index (χ1) is 15.1. The molecule has 4 rings (SSSR count). The van der Waals surface area contributed by atoms with Crippen LogP contribution in [-0.2, 0) is 16.2 Å². The van der Waals surface area contributed by atoms with E-state index in [4.69, 9.17) is 9.47 Å². The summed E-state index contributed by atoms with van der Waals surface area (Å²) < 4.78 is 12.3. The number of ether oxygens (including phenoxy) is 2. The Bertz CT molecular complexity index is 1150. The van der Waals surface area contributed by atoms with Gasteiger partial charge in [-0.25, -0.2) is 5.01 Å². The number of benzene rings is 3. The van der Waals surface area contributed by atoms with Gasteiger partial charge in [-0.2, -0.15) is 0 Å². The Balaban J connectivity index is 1.70. The number of carbonyl (C=O) groups excluding carboxylic acids is 2. The van der Waals surface area contributed by atoms with Crippen LogP contribution in [0.25, 0.3) is 6.08 Å². The molecule has 0 unspecified atom stereocenters. The first-order valence-electron chi connectivity index (χ1n) is 9.53. The van der Waals surface area contributed by atoms with Gasteiger partial charge in [-0.1, -0.05) is 64.5 Å². The van der Waals surface area contributed by atoms with E-state index in [0.717, 1.165) is 10.0 Å². The molecular formula is C24H19BrN2O4. The van der Waals surface area contributed by atoms with Crippen LogP contribution >= 0.6 is 15.9 Å². The van der Waals surface area contributed by atoms with Crippen LogP contribution in [0, 0.1) is 0 Å². The number of amides is 2. The zero-order chi connectivity index (χ0) is 21.8. The van der Waals surface area contributed by atoms with Gasteiger partial charge < -0.3 is 9.47 Å². The lowest BCUT2D eigenvalue weighted by atomic mass is 10.1. The smallest absolute Gasteiger partial charge is 0.282 e. The molecule has 3 aromatic carbocycles. The second kappa shape index (κ2) is 9.06. The van der Waals surface area contributed by atoms with E-state index in [2.05, 4.69) is 21.4 Å². The fraction of sp³-hybridized carbons (Fsp3) is 0.0833. The van der Waals surface area contributed by atoms with E-state index in [-0.39, 0.29) is 5.57 Å². The van der Waals surface area contributed by atoms with Gasteiger partial charge in [0.2, 0.25) is 0 Å². The summed E-state index contributed by atoms with van der Waals surface area (Å²) in [6.45, 7) is 0.311. The molecule has 1 aliphatic heterocycles. The van der Waals surface area contributed by atoms with Crippen molar-refractivity contribution in [2.75, 3.05) is 12.1 Å². The van der Waals surface area contributed by atoms with Gasteiger partial charge in [0.05, 0.1) is 12.8 Å². The van der Waals surface area contributed by atoms with Gasteiger partial charge in [-0.05, 0) is 35.9 Å². The predicted molar refractivity (Wildman–Crippen MR) is 122 cm³/mol. The summed E-state index contributed by atoms with van der Waals surface area (Å²) in [6.07, 6.45) is 1.52. The van der Waals surface area contributed by atoms with E-state index in [9.17, 15) is 9.59 Å². The lowest BCUT2D eigenvalue weighted by molar-refractivity contribution is -0.117. The monoisotopic (exact) mass is 478 g/mol. The molecule has 1 saturated heterocycles. The summed E-state index contributed by atoms with van der Waals surface area (Å²) in [4.78, 5) is 25.5. The van der Waals surface area contributed by atoms with E-state index >= 15 is 0 Å². The number of para-hydroxylation sites is 1. The fourth-order valence-electron chi connectivity index (χ4n) is 3.20. The Labute approximate surface area is 188 Å². The Morgan fingerprint density at radius 2 is 1.68 bits per heavy atom. The molecule has 0 aromatic heterocycles. The number of carbonyl (C=O) groups is 2. The molecule has 0 spiro atoms. The SMILES string of the molecule is COc1cc(Br)cc(/C=C2/C(=O)NN(c3ccccc3)C2=O)c1OCc1ccccc1. The van der Waals surface area contributed by atoms with Gasteiger partial charge in [0.15, 0.2) is 11.5 Å². The predicted octanol–water partition coefficient (Wildman–Crippen LogP) is 4.50. The zero-order valence-electron chi connectivity index (χ0n) is 16.7. The Morgan fingerprint density at radius 1 is 1.00 bits per heavy atom. The van der Waals surface area contributed by atoms with Crippen molar-refractivity contribution in [3.05, 3.63) is 94.0 Å². The molecule has 0 radical (unpaired) electrons. The maximum Gasteiger partial charge on any atom is 0.282 e. The topological polar surface area (TPSA) is 67.9 Å². The first-order valence-corrected chi connectivity index (χ1v) is 10.3. The van der Waals surface area contributed by atoms with Crippen LogP contribution in [0.2, 0.25) is 0 Å². The van der Waals surface area contributed by atoms with E-state index in [1.807, 2.05) is 36.4 Å². The van der Waals surface area contributed by atoms with Crippen LogP contribution in [0.1, 0.15) is 11.1 Å². The molecule has 1 fully saturated rings. The van der Waals surface area contributed by atoms with E-state index < -0.39 is 11.8 Å². The van der Waals surface area contributed by atoms with Crippen molar-refractivity contribution in [3.63, 3.8) is 0 Å². The highest BCUT2D eigenvalue weighted by Crippen LogP contribution is 2.37. The molecule has 0 bridgehead atoms. The third kappa shape index (κ3) is 4.46. The maximum atomic E-state index is 12.9. The van der Waals surface area contributed by atoms with Crippen LogP contribution in [0.5, 0.6) is 11.5 Å². The Morgan fingerprint density at radius 3 is 2.35 bits per heavy atom. The summed E-state index contributed by atoms with van der Waals surface area (Å²) in [7, 11) is 1.54. The average Bonchev–Trinajstić information content (AvgIpc) is 3.07. The molecule has 1 heterocycles. The molecule has 0 saturated carbocycles. The van der Waals surface area contributed by atoms with Gasteiger partial charge in [0, 0.05) is 10.0 Å². The van der Waals surface area contributed by atoms with Crippen molar-refractivity contribution in [2.45, 2.75) is 6.61 Å². The molecule has 2 amide bonds. The van der Waals surface area contributed by atoms with Crippen LogP contribution in [-0.4, -0.2) is 18.9 Å². The van der Waals surface area contributed by atoms with Crippen LogP contribution < -0.4 is 19.9 Å². The standard InChI is InChI=1S/C24H19BrN2O4/c1-30-21-14-18(25)12-17(22(21)31-15-16-8-4-2-5-9-16)13-20-23(28)26-27(24(20)29)19-10-6-3-7-11-19/h2-14H,15H2,1H3,(H,26,28)/b20-13-. The van der Waals surface area contributed by atoms with Crippen LogP contribution in [0.4, 0.5) is 5.69 Å². The summed E-state index contributed by atoms with van der Waals surface area (Å²) in [5, 5.41) is 1.23. The largest absolute Gasteiger partial charge is 0.493 e. The van der Waals surface area contributed by atoms with E-state index in [1.165, 1.54) is 11.1 Å². The third-order valence-corrected chi connectivity index (χ3v) is 5.16. The number of rotatable bonds is 6. The molecule has 31 heavy (non-hydrogen) atoms. The van der Waals surface area contributed by atoms with Gasteiger partial charge >= 0.3 is 0 Å². The minimum absolute atomic E-state index is 0.00793. The molecule has 6 nitrogen and oxygen atoms in total. The number of halogens is 1. The Hall–Kier alpha value is -3.58. The third-order valence-electron chi connectivity index (χ3n) is 4.70. The van der Waals surface area contributed by atoms with Crippen molar-refractivity contribution < 1.29 is 19.1 Å². The molecule has 1 aliphatic rings. The highest BCUT2D eigenvalue weighted by Gasteiger charge is 2.34. The second-order valence-electron chi connectivity index (χ2n) is 6.78. The molecular weight excluding hydrogens is 460 g/mol. The summed E-state index contributed by atoms with van der Waals surface area (Å²) in [6, 6.07) is 22.2. The average molecular weight is 479 g/mol. The second-order valence-corrected chi connectivity index (χ2v) is 7.69. The minimum atomic E-state index is -0.484. The molecule has 3 aromatic rings. The number of hydrazine groups is 1. The summed E-state index contributed by atoms with van der Waals surface area (Å²) in [5.74, 6) is 0.00898. The van der Waals surface area contributed by atoms with Gasteiger partial charge in [0.1, 0.15) is 12.2 Å². The lowest BCUT2D eigenvalue weighted by Crippen LogP contribution is -2.35. The van der Waals surface area contributed by atoms with Gasteiger partial charge in [-0.15, -0.1) is 0 Å². The maximum absolute atomic E-state index is 12.9. The Kier molecular flexibility index (Phi) is 6.04. The number of nitrogens with zero attached hydrogens (tertiary/aromatic N) is 1. The highest BCUT2D eigenvalue weighted by atomic mass is 79.9. The number of methoxy groups -OCH3 is 1. The van der Waals surface area contributed by atoms with E-state index in [0.29, 0.717) is 29.4 Å². The number of hydrogen-bond acceptors (Lipinski definition) is 4. The number of nitrogens with one attached hydrogen (secondary N) is 1. The zero-order valence-corrected chi connectivity index (χ0v) is 18.3. The normalized spacial score (nSPS) is 14.6. The van der Waals surface area contributed by atoms with Gasteiger partial charge in [-0.3, -0.25) is 15.0 Å². The molecule has 1 N–H and O–H groups in total. The fourth-order valence-corrected chi connectivity index (χ4v) is 3.66. The van der Waals surface area contributed by atoms with Crippen molar-refractivity contribution in [1.82, 2.24) is 5.43 Å². The lowest BCUT2D eigenvalue weighted by Gasteiger charge is -2.15. The highest BCUT2D eigenvalue weighted by molar-refractivity contribution is 9.10. The van der Waals surface area contributed by atoms with Crippen molar-refractivity contribution in [3.8, 4) is 11.5 Å². The molecule has 7 heteroatoms. The number of hydrogen-bond donors (Lipinski definition) is 1. The molecule has 156 valence electrons. The summed E-state index contributed by atoms with van der Waals surface area (Å²) in [5.41, 5.74) is 4.73. The van der Waals surface area contributed by atoms with Crippen molar-refractivity contribution >= 4 is 39.5 Å².